The van der Waals surface area contributed by atoms with Crippen molar-refractivity contribution in [1.82, 2.24) is 15.0 Å². The van der Waals surface area contributed by atoms with Gasteiger partial charge in [-0.2, -0.15) is 5.26 Å². The quantitative estimate of drug-likeness (QED) is 0.385. The maximum Gasteiger partial charge on any atom is 0.235 e. The van der Waals surface area contributed by atoms with Gasteiger partial charge in [0.05, 0.1) is 16.9 Å². The molecule has 0 radical (unpaired) electrons. The van der Waals surface area contributed by atoms with Gasteiger partial charge in [0, 0.05) is 55.3 Å². The molecule has 0 aliphatic carbocycles. The number of hydrogen-bond donors (Lipinski definition) is 1. The van der Waals surface area contributed by atoms with Gasteiger partial charge in [-0.3, -0.25) is 4.98 Å². The van der Waals surface area contributed by atoms with Crippen molar-refractivity contribution in [3.8, 4) is 11.9 Å². The van der Waals surface area contributed by atoms with Crippen LogP contribution in [0.15, 0.2) is 60.9 Å². The molecule has 1 N–H and O–H groups in total. The Labute approximate surface area is 209 Å². The SMILES string of the molecule is Cc1nccnc1OC1CCN(c2c(C#N)c(NCc3ccc(Cl)cc3)nc3ccccc23)CC1. The summed E-state index contributed by atoms with van der Waals surface area (Å²) in [6.45, 7) is 3.98. The van der Waals surface area contributed by atoms with Gasteiger partial charge in [0.2, 0.25) is 5.88 Å². The maximum atomic E-state index is 10.2. The van der Waals surface area contributed by atoms with Crippen LogP contribution in [0, 0.1) is 18.3 Å². The summed E-state index contributed by atoms with van der Waals surface area (Å²) in [5.41, 5.74) is 4.19. The van der Waals surface area contributed by atoms with Crippen molar-refractivity contribution in [3.05, 3.63) is 82.8 Å². The van der Waals surface area contributed by atoms with Crippen molar-refractivity contribution in [3.63, 3.8) is 0 Å². The first-order valence-corrected chi connectivity index (χ1v) is 12.0. The smallest absolute Gasteiger partial charge is 0.235 e. The molecule has 1 saturated heterocycles. The minimum absolute atomic E-state index is 0.0581. The van der Waals surface area contributed by atoms with Gasteiger partial charge in [0.15, 0.2) is 0 Å². The van der Waals surface area contributed by atoms with Gasteiger partial charge in [0.25, 0.3) is 0 Å². The van der Waals surface area contributed by atoms with E-state index < -0.39 is 0 Å². The van der Waals surface area contributed by atoms with E-state index in [0.29, 0.717) is 28.8 Å². The van der Waals surface area contributed by atoms with Crippen LogP contribution in [-0.2, 0) is 6.54 Å². The molecule has 1 aliphatic heterocycles. The zero-order chi connectivity index (χ0) is 24.2. The molecule has 1 fully saturated rings. The lowest BCUT2D eigenvalue weighted by atomic mass is 10.0. The number of anilines is 2. The first kappa shape index (κ1) is 22.9. The van der Waals surface area contributed by atoms with Crippen molar-refractivity contribution in [2.45, 2.75) is 32.4 Å². The summed E-state index contributed by atoms with van der Waals surface area (Å²) >= 11 is 6.02. The molecule has 0 spiro atoms. The first-order valence-electron chi connectivity index (χ1n) is 11.6. The fourth-order valence-corrected chi connectivity index (χ4v) is 4.54. The lowest BCUT2D eigenvalue weighted by Crippen LogP contribution is -2.39. The zero-order valence-electron chi connectivity index (χ0n) is 19.4. The molecule has 1 aliphatic rings. The number of benzene rings is 2. The molecule has 0 saturated carbocycles. The van der Waals surface area contributed by atoms with Gasteiger partial charge in [0.1, 0.15) is 23.6 Å². The molecule has 8 heteroatoms. The summed E-state index contributed by atoms with van der Waals surface area (Å²) in [6, 6.07) is 18.0. The van der Waals surface area contributed by atoms with Crippen molar-refractivity contribution in [1.29, 1.82) is 5.26 Å². The Morgan fingerprint density at radius 2 is 1.83 bits per heavy atom. The molecule has 176 valence electrons. The van der Waals surface area contributed by atoms with Gasteiger partial charge in [-0.1, -0.05) is 41.9 Å². The van der Waals surface area contributed by atoms with E-state index in [0.717, 1.165) is 53.8 Å². The van der Waals surface area contributed by atoms with Crippen molar-refractivity contribution in [2.24, 2.45) is 0 Å². The molecular weight excluding hydrogens is 460 g/mol. The van der Waals surface area contributed by atoms with Crippen LogP contribution in [0.1, 0.15) is 29.7 Å². The van der Waals surface area contributed by atoms with Gasteiger partial charge in [-0.25, -0.2) is 9.97 Å². The molecule has 0 unspecified atom stereocenters. The summed E-state index contributed by atoms with van der Waals surface area (Å²) in [5.74, 6) is 1.18. The zero-order valence-corrected chi connectivity index (χ0v) is 20.2. The predicted molar refractivity (Wildman–Crippen MR) is 138 cm³/mol. The van der Waals surface area contributed by atoms with E-state index in [1.54, 1.807) is 12.4 Å². The number of nitriles is 1. The third kappa shape index (κ3) is 4.98. The monoisotopic (exact) mass is 484 g/mol. The lowest BCUT2D eigenvalue weighted by Gasteiger charge is -2.35. The molecule has 3 heterocycles. The van der Waals surface area contributed by atoms with E-state index in [-0.39, 0.29) is 6.10 Å². The van der Waals surface area contributed by atoms with Gasteiger partial charge < -0.3 is 15.0 Å². The second-order valence-corrected chi connectivity index (χ2v) is 8.98. The highest BCUT2D eigenvalue weighted by Crippen LogP contribution is 2.36. The average molecular weight is 485 g/mol. The minimum atomic E-state index is 0.0581. The van der Waals surface area contributed by atoms with Crippen LogP contribution in [0.5, 0.6) is 5.88 Å². The topological polar surface area (TPSA) is 87.0 Å². The highest BCUT2D eigenvalue weighted by molar-refractivity contribution is 6.30. The summed E-state index contributed by atoms with van der Waals surface area (Å²) in [5, 5.41) is 15.2. The normalized spacial score (nSPS) is 14.0. The van der Waals surface area contributed by atoms with Crippen LogP contribution in [-0.4, -0.2) is 34.1 Å². The number of fused-ring (bicyclic) bond motifs is 1. The Morgan fingerprint density at radius 1 is 1.09 bits per heavy atom. The molecule has 35 heavy (non-hydrogen) atoms. The second kappa shape index (κ2) is 10.2. The molecule has 7 nitrogen and oxygen atoms in total. The molecule has 4 aromatic rings. The maximum absolute atomic E-state index is 10.2. The van der Waals surface area contributed by atoms with E-state index in [9.17, 15) is 5.26 Å². The number of pyridine rings is 1. The van der Waals surface area contributed by atoms with E-state index in [4.69, 9.17) is 21.3 Å². The number of hydrogen-bond acceptors (Lipinski definition) is 7. The number of aromatic nitrogens is 3. The van der Waals surface area contributed by atoms with Crippen LogP contribution >= 0.6 is 11.6 Å². The van der Waals surface area contributed by atoms with Crippen molar-refractivity contribution in [2.75, 3.05) is 23.3 Å². The van der Waals surface area contributed by atoms with Crippen LogP contribution in [0.2, 0.25) is 5.02 Å². The standard InChI is InChI=1S/C27H25ClN6O/c1-18-27(31-13-12-30-18)35-21-10-14-34(15-11-21)25-22-4-2-3-5-24(22)33-26(23(25)16-29)32-17-19-6-8-20(28)9-7-19/h2-9,12-13,21H,10-11,14-15,17H2,1H3,(H,32,33). The third-order valence-electron chi connectivity index (χ3n) is 6.22. The number of ether oxygens (including phenoxy) is 1. The largest absolute Gasteiger partial charge is 0.473 e. The minimum Gasteiger partial charge on any atom is -0.473 e. The number of halogens is 1. The Bertz CT molecular complexity index is 1380. The summed E-state index contributed by atoms with van der Waals surface area (Å²) in [7, 11) is 0. The summed E-state index contributed by atoms with van der Waals surface area (Å²) < 4.78 is 6.13. The molecule has 2 aromatic carbocycles. The Balaban J connectivity index is 1.40. The Morgan fingerprint density at radius 3 is 2.57 bits per heavy atom. The molecule has 2 aromatic heterocycles. The van der Waals surface area contributed by atoms with E-state index >= 15 is 0 Å². The number of rotatable bonds is 6. The van der Waals surface area contributed by atoms with E-state index in [2.05, 4.69) is 26.3 Å². The number of para-hydroxylation sites is 1. The van der Waals surface area contributed by atoms with Gasteiger partial charge in [-0.15, -0.1) is 0 Å². The number of nitrogens with one attached hydrogen (secondary N) is 1. The molecule has 0 bridgehead atoms. The molecule has 0 amide bonds. The highest BCUT2D eigenvalue weighted by atomic mass is 35.5. The first-order chi connectivity index (χ1) is 17.1. The van der Waals surface area contributed by atoms with Crippen LogP contribution in [0.3, 0.4) is 0 Å². The fourth-order valence-electron chi connectivity index (χ4n) is 4.41. The Hall–Kier alpha value is -3.89. The van der Waals surface area contributed by atoms with Crippen LogP contribution in [0.4, 0.5) is 11.5 Å². The third-order valence-corrected chi connectivity index (χ3v) is 6.47. The number of piperidine rings is 1. The number of nitrogens with zero attached hydrogens (tertiary/aromatic N) is 5. The summed E-state index contributed by atoms with van der Waals surface area (Å²) in [6.07, 6.45) is 5.03. The van der Waals surface area contributed by atoms with E-state index in [1.807, 2.05) is 55.5 Å². The fraction of sp³-hybridized carbons (Fsp3) is 0.259. The van der Waals surface area contributed by atoms with Gasteiger partial charge >= 0.3 is 0 Å². The van der Waals surface area contributed by atoms with Crippen LogP contribution in [0.25, 0.3) is 10.9 Å². The highest BCUT2D eigenvalue weighted by Gasteiger charge is 2.26. The van der Waals surface area contributed by atoms with Crippen LogP contribution < -0.4 is 15.0 Å². The number of aryl methyl sites for hydroxylation is 1. The molecule has 0 atom stereocenters. The lowest BCUT2D eigenvalue weighted by molar-refractivity contribution is 0.162. The van der Waals surface area contributed by atoms with Crippen molar-refractivity contribution >= 4 is 34.0 Å². The van der Waals surface area contributed by atoms with Gasteiger partial charge in [-0.05, 0) is 30.7 Å². The summed E-state index contributed by atoms with van der Waals surface area (Å²) in [4.78, 5) is 15.6. The molecule has 5 rings (SSSR count). The second-order valence-electron chi connectivity index (χ2n) is 8.54. The predicted octanol–water partition coefficient (Wildman–Crippen LogP) is 5.52. The molecular formula is C27H25ClN6O. The van der Waals surface area contributed by atoms with E-state index in [1.165, 1.54) is 0 Å². The Kier molecular flexibility index (Phi) is 6.64. The van der Waals surface area contributed by atoms with Crippen molar-refractivity contribution < 1.29 is 4.74 Å². The average Bonchev–Trinajstić information content (AvgIpc) is 2.89.